The van der Waals surface area contributed by atoms with Crippen LogP contribution in [0.3, 0.4) is 0 Å². The van der Waals surface area contributed by atoms with Crippen LogP contribution in [0.1, 0.15) is 50.2 Å². The first-order valence-electron chi connectivity index (χ1n) is 12.1. The largest absolute Gasteiger partial charge is 0.507 e. The molecule has 36 heavy (non-hydrogen) atoms. The highest BCUT2D eigenvalue weighted by Gasteiger charge is 2.34. The predicted octanol–water partition coefficient (Wildman–Crippen LogP) is 4.30. The zero-order chi connectivity index (χ0) is 25.4. The molecule has 2 aliphatic heterocycles. The normalized spacial score (nSPS) is 18.3. The molecule has 9 heteroatoms. The van der Waals surface area contributed by atoms with Crippen molar-refractivity contribution in [3.63, 3.8) is 0 Å². The average molecular weight is 493 g/mol. The molecule has 3 aromatic rings. The third-order valence-electron chi connectivity index (χ3n) is 6.43. The van der Waals surface area contributed by atoms with Gasteiger partial charge in [0.05, 0.1) is 6.04 Å². The Morgan fingerprint density at radius 1 is 1.19 bits per heavy atom. The number of rotatable bonds is 5. The first kappa shape index (κ1) is 24.0. The number of alkyl carbamates (subject to hydrolysis) is 1. The number of carbonyl (C=O) groups excluding carboxylic acids is 1. The fourth-order valence-electron chi connectivity index (χ4n) is 4.83. The lowest BCUT2D eigenvalue weighted by Crippen LogP contribution is -2.41. The number of benzene rings is 2. The zero-order valence-electron chi connectivity index (χ0n) is 21.0. The van der Waals surface area contributed by atoms with E-state index in [1.807, 2.05) is 56.7 Å². The topological polar surface area (TPSA) is 98.1 Å². The van der Waals surface area contributed by atoms with Crippen LogP contribution in [0.5, 0.6) is 17.2 Å². The number of nitrogens with zero attached hydrogens (tertiary/aromatic N) is 3. The fraction of sp³-hybridized carbons (Fsp3) is 0.407. The molecule has 2 N–H and O–H groups in total. The molecule has 9 nitrogen and oxygen atoms in total. The molecule has 5 rings (SSSR count). The Morgan fingerprint density at radius 3 is 2.58 bits per heavy atom. The van der Waals surface area contributed by atoms with Gasteiger partial charge in [0, 0.05) is 48.8 Å². The van der Waals surface area contributed by atoms with Gasteiger partial charge in [-0.25, -0.2) is 9.78 Å². The second-order valence-corrected chi connectivity index (χ2v) is 10.2. The summed E-state index contributed by atoms with van der Waals surface area (Å²) in [6.45, 7) is 8.99. The number of fused-ring (bicyclic) bond motifs is 1. The van der Waals surface area contributed by atoms with Crippen molar-refractivity contribution in [3.05, 3.63) is 65.7 Å². The van der Waals surface area contributed by atoms with Crippen molar-refractivity contribution in [2.45, 2.75) is 51.8 Å². The maximum atomic E-state index is 12.4. The lowest BCUT2D eigenvalue weighted by molar-refractivity contribution is 0.0505. The van der Waals surface area contributed by atoms with Crippen LogP contribution in [-0.4, -0.2) is 57.2 Å². The highest BCUT2D eigenvalue weighted by Crippen LogP contribution is 2.44. The van der Waals surface area contributed by atoms with Gasteiger partial charge in [-0.1, -0.05) is 12.1 Å². The standard InChI is InChI=1S/C27H32N4O5/c1-17-28-10-12-31(17)20-7-5-18(6-8-20)25(21-13-23-24(14-22(21)32)35-16-34-23)30-11-9-19(15-30)29-26(33)36-27(2,3)4/h5-8,10,12-14,19,25,32H,9,11,15-16H2,1-4H3,(H,29,33)/t19-,25?/m1/s1. The number of hydrogen-bond donors (Lipinski definition) is 2. The Labute approximate surface area is 210 Å². The van der Waals surface area contributed by atoms with Crippen molar-refractivity contribution >= 4 is 6.09 Å². The summed E-state index contributed by atoms with van der Waals surface area (Å²) >= 11 is 0. The highest BCUT2D eigenvalue weighted by atomic mass is 16.7. The molecule has 1 saturated heterocycles. The maximum Gasteiger partial charge on any atom is 0.407 e. The molecule has 190 valence electrons. The van der Waals surface area contributed by atoms with Gasteiger partial charge >= 0.3 is 6.09 Å². The minimum Gasteiger partial charge on any atom is -0.507 e. The van der Waals surface area contributed by atoms with E-state index in [0.717, 1.165) is 35.6 Å². The molecule has 1 aromatic heterocycles. The van der Waals surface area contributed by atoms with Crippen LogP contribution in [0.4, 0.5) is 4.79 Å². The van der Waals surface area contributed by atoms with Crippen molar-refractivity contribution in [1.82, 2.24) is 19.8 Å². The SMILES string of the molecule is Cc1nccn1-c1ccc(C(c2cc3c(cc2O)OCO3)N2CC[C@@H](NC(=O)OC(C)(C)C)C2)cc1. The molecule has 0 bridgehead atoms. The van der Waals surface area contributed by atoms with E-state index in [1.54, 1.807) is 12.3 Å². The van der Waals surface area contributed by atoms with Crippen molar-refractivity contribution in [1.29, 1.82) is 0 Å². The summed E-state index contributed by atoms with van der Waals surface area (Å²) in [5.74, 6) is 2.19. The smallest absolute Gasteiger partial charge is 0.407 e. The van der Waals surface area contributed by atoms with Crippen LogP contribution in [0.15, 0.2) is 48.8 Å². The van der Waals surface area contributed by atoms with Crippen LogP contribution in [0, 0.1) is 6.92 Å². The van der Waals surface area contributed by atoms with Crippen molar-refractivity contribution in [2.24, 2.45) is 0 Å². The molecule has 1 fully saturated rings. The lowest BCUT2D eigenvalue weighted by atomic mass is 9.95. The highest BCUT2D eigenvalue weighted by molar-refractivity contribution is 5.68. The van der Waals surface area contributed by atoms with E-state index in [1.165, 1.54) is 0 Å². The minimum atomic E-state index is -0.557. The summed E-state index contributed by atoms with van der Waals surface area (Å²) in [6.07, 6.45) is 4.06. The number of aromatic hydroxyl groups is 1. The monoisotopic (exact) mass is 492 g/mol. The molecule has 2 atom stereocenters. The predicted molar refractivity (Wildman–Crippen MR) is 134 cm³/mol. The first-order chi connectivity index (χ1) is 17.2. The summed E-state index contributed by atoms with van der Waals surface area (Å²) in [4.78, 5) is 18.9. The number of phenols is 1. The van der Waals surface area contributed by atoms with Gasteiger partial charge in [-0.3, -0.25) is 4.90 Å². The summed E-state index contributed by atoms with van der Waals surface area (Å²) in [7, 11) is 0. The van der Waals surface area contributed by atoms with Crippen LogP contribution < -0.4 is 14.8 Å². The number of imidazole rings is 1. The second-order valence-electron chi connectivity index (χ2n) is 10.2. The summed E-state index contributed by atoms with van der Waals surface area (Å²) in [5, 5.41) is 14.0. The number of hydrogen-bond acceptors (Lipinski definition) is 7. The third kappa shape index (κ3) is 4.97. The lowest BCUT2D eigenvalue weighted by Gasteiger charge is -2.30. The fourth-order valence-corrected chi connectivity index (χ4v) is 4.83. The Balaban J connectivity index is 1.44. The number of amides is 1. The molecule has 2 aliphatic rings. The molecular formula is C27H32N4O5. The number of likely N-dealkylation sites (tertiary alicyclic amines) is 1. The van der Waals surface area contributed by atoms with E-state index >= 15 is 0 Å². The van der Waals surface area contributed by atoms with Crippen LogP contribution in [0.25, 0.3) is 5.69 Å². The van der Waals surface area contributed by atoms with E-state index in [0.29, 0.717) is 18.0 Å². The second kappa shape index (κ2) is 9.39. The molecule has 3 heterocycles. The van der Waals surface area contributed by atoms with Crippen molar-refractivity contribution in [3.8, 4) is 22.9 Å². The van der Waals surface area contributed by atoms with Gasteiger partial charge in [0.15, 0.2) is 11.5 Å². The van der Waals surface area contributed by atoms with E-state index in [4.69, 9.17) is 14.2 Å². The summed E-state index contributed by atoms with van der Waals surface area (Å²) < 4.78 is 18.5. The molecule has 1 unspecified atom stereocenters. The Kier molecular flexibility index (Phi) is 6.26. The van der Waals surface area contributed by atoms with Gasteiger partial charge < -0.3 is 29.2 Å². The molecule has 2 aromatic carbocycles. The molecular weight excluding hydrogens is 460 g/mol. The van der Waals surface area contributed by atoms with E-state index in [2.05, 4.69) is 27.3 Å². The number of nitrogens with one attached hydrogen (secondary N) is 1. The van der Waals surface area contributed by atoms with Crippen LogP contribution in [0.2, 0.25) is 0 Å². The molecule has 0 spiro atoms. The molecule has 0 saturated carbocycles. The number of phenolic OH excluding ortho intramolecular Hbond substituents is 1. The number of carbonyl (C=O) groups is 1. The maximum absolute atomic E-state index is 12.4. The molecule has 1 amide bonds. The Bertz CT molecular complexity index is 1250. The first-order valence-corrected chi connectivity index (χ1v) is 12.1. The minimum absolute atomic E-state index is 0.0635. The summed E-state index contributed by atoms with van der Waals surface area (Å²) in [6, 6.07) is 11.4. The van der Waals surface area contributed by atoms with Crippen molar-refractivity contribution in [2.75, 3.05) is 19.9 Å². The van der Waals surface area contributed by atoms with E-state index in [-0.39, 0.29) is 24.6 Å². The van der Waals surface area contributed by atoms with Gasteiger partial charge in [-0.05, 0) is 57.9 Å². The Hall–Kier alpha value is -3.72. The number of ether oxygens (including phenoxy) is 3. The quantitative estimate of drug-likeness (QED) is 0.548. The zero-order valence-corrected chi connectivity index (χ0v) is 21.0. The van der Waals surface area contributed by atoms with Crippen LogP contribution >= 0.6 is 0 Å². The average Bonchev–Trinajstić information content (AvgIpc) is 3.55. The van der Waals surface area contributed by atoms with Crippen molar-refractivity contribution < 1.29 is 24.1 Å². The number of aryl methyl sites for hydroxylation is 1. The Morgan fingerprint density at radius 2 is 1.92 bits per heavy atom. The van der Waals surface area contributed by atoms with Gasteiger partial charge in [-0.2, -0.15) is 0 Å². The van der Waals surface area contributed by atoms with Gasteiger partial charge in [0.25, 0.3) is 0 Å². The van der Waals surface area contributed by atoms with Gasteiger partial charge in [0.2, 0.25) is 6.79 Å². The van der Waals surface area contributed by atoms with Crippen LogP contribution in [-0.2, 0) is 4.74 Å². The molecule has 0 aliphatic carbocycles. The number of aromatic nitrogens is 2. The third-order valence-corrected chi connectivity index (χ3v) is 6.43. The molecule has 0 radical (unpaired) electrons. The van der Waals surface area contributed by atoms with Gasteiger partial charge in [0.1, 0.15) is 17.2 Å². The van der Waals surface area contributed by atoms with E-state index in [9.17, 15) is 9.90 Å². The summed E-state index contributed by atoms with van der Waals surface area (Å²) in [5.41, 5.74) is 2.19. The van der Waals surface area contributed by atoms with Gasteiger partial charge in [-0.15, -0.1) is 0 Å². The van der Waals surface area contributed by atoms with E-state index < -0.39 is 11.7 Å².